The van der Waals surface area contributed by atoms with Gasteiger partial charge in [0.1, 0.15) is 5.76 Å². The number of carbonyl (C=O) groups excluding carboxylic acids is 2. The summed E-state index contributed by atoms with van der Waals surface area (Å²) in [6.07, 6.45) is 1.57. The van der Waals surface area contributed by atoms with Crippen molar-refractivity contribution in [3.63, 3.8) is 0 Å². The summed E-state index contributed by atoms with van der Waals surface area (Å²) < 4.78 is 5.43. The molecule has 0 spiro atoms. The molecule has 0 unspecified atom stereocenters. The van der Waals surface area contributed by atoms with E-state index in [-0.39, 0.29) is 36.1 Å². The maximum atomic E-state index is 13.7. The summed E-state index contributed by atoms with van der Waals surface area (Å²) in [6, 6.07) is 20.2. The first kappa shape index (κ1) is 15.9. The van der Waals surface area contributed by atoms with Crippen molar-refractivity contribution in [3.8, 4) is 0 Å². The minimum absolute atomic E-state index is 0.0806. The quantitative estimate of drug-likeness (QED) is 0.640. The van der Waals surface area contributed by atoms with E-state index < -0.39 is 5.41 Å². The zero-order valence-electron chi connectivity index (χ0n) is 15.5. The fourth-order valence-corrected chi connectivity index (χ4v) is 5.90. The molecule has 0 saturated carbocycles. The van der Waals surface area contributed by atoms with E-state index in [4.69, 9.17) is 4.42 Å². The lowest BCUT2D eigenvalue weighted by molar-refractivity contribution is -0.142. The molecule has 1 aliphatic heterocycles. The molecule has 138 valence electrons. The number of imide groups is 1. The molecule has 3 aromatic rings. The zero-order valence-corrected chi connectivity index (χ0v) is 15.5. The van der Waals surface area contributed by atoms with E-state index in [1.165, 1.54) is 27.2 Å². The molecule has 1 saturated heterocycles. The van der Waals surface area contributed by atoms with Crippen LogP contribution in [-0.4, -0.2) is 16.7 Å². The fourth-order valence-electron chi connectivity index (χ4n) is 5.90. The topological polar surface area (TPSA) is 50.5 Å². The Bertz CT molecular complexity index is 1080. The number of furan rings is 1. The summed E-state index contributed by atoms with van der Waals surface area (Å²) in [5, 5.41) is 0. The van der Waals surface area contributed by atoms with Crippen LogP contribution in [0.2, 0.25) is 0 Å². The van der Waals surface area contributed by atoms with Crippen LogP contribution in [0, 0.1) is 11.3 Å². The zero-order chi connectivity index (χ0) is 19.0. The van der Waals surface area contributed by atoms with Crippen LogP contribution in [0.15, 0.2) is 71.3 Å². The van der Waals surface area contributed by atoms with E-state index in [0.29, 0.717) is 5.76 Å². The van der Waals surface area contributed by atoms with Gasteiger partial charge in [-0.25, -0.2) is 0 Å². The fraction of sp³-hybridized carbons (Fsp3) is 0.250. The highest BCUT2D eigenvalue weighted by Crippen LogP contribution is 2.66. The number of hydrogen-bond acceptors (Lipinski definition) is 3. The molecule has 2 atom stereocenters. The van der Waals surface area contributed by atoms with Crippen molar-refractivity contribution in [1.82, 2.24) is 4.90 Å². The standard InChI is InChI=1S/C24H19NO3/c1-24-20-17-10-4-2-8-15(17)19(16-9-3-5-11-18(16)20)21(24)22(26)25(23(24)27)13-14-7-6-12-28-14/h2-12,19-21H,13H2,1H3/t19?,20?,21-,24+/m0/s1. The van der Waals surface area contributed by atoms with E-state index >= 15 is 0 Å². The Hall–Kier alpha value is -3.14. The van der Waals surface area contributed by atoms with Gasteiger partial charge in [-0.3, -0.25) is 14.5 Å². The van der Waals surface area contributed by atoms with Gasteiger partial charge in [-0.1, -0.05) is 48.5 Å². The minimum Gasteiger partial charge on any atom is -0.467 e. The van der Waals surface area contributed by atoms with Crippen LogP contribution in [0.25, 0.3) is 0 Å². The third-order valence-corrected chi connectivity index (χ3v) is 7.00. The molecule has 4 nitrogen and oxygen atoms in total. The normalized spacial score (nSPS) is 29.6. The maximum absolute atomic E-state index is 13.7. The predicted molar refractivity (Wildman–Crippen MR) is 102 cm³/mol. The van der Waals surface area contributed by atoms with Crippen molar-refractivity contribution in [2.45, 2.75) is 25.3 Å². The Kier molecular flexibility index (Phi) is 2.96. The van der Waals surface area contributed by atoms with Crippen LogP contribution in [0.3, 0.4) is 0 Å². The first-order valence-electron chi connectivity index (χ1n) is 9.68. The van der Waals surface area contributed by atoms with Gasteiger partial charge in [-0.15, -0.1) is 0 Å². The second kappa shape index (κ2) is 5.22. The predicted octanol–water partition coefficient (Wildman–Crippen LogP) is 4.06. The molecule has 3 aliphatic carbocycles. The molecule has 2 amide bonds. The highest BCUT2D eigenvalue weighted by Gasteiger charge is 2.68. The highest BCUT2D eigenvalue weighted by atomic mass is 16.3. The summed E-state index contributed by atoms with van der Waals surface area (Å²) in [5.41, 5.74) is 3.98. The molecule has 1 fully saturated rings. The molecule has 2 heterocycles. The minimum atomic E-state index is -0.767. The highest BCUT2D eigenvalue weighted by molar-refractivity contribution is 6.09. The lowest BCUT2D eigenvalue weighted by Crippen LogP contribution is -2.49. The van der Waals surface area contributed by atoms with Gasteiger partial charge in [0, 0.05) is 11.8 Å². The number of benzene rings is 2. The van der Waals surface area contributed by atoms with Crippen molar-refractivity contribution in [2.75, 3.05) is 0 Å². The van der Waals surface area contributed by atoms with E-state index in [2.05, 4.69) is 24.3 Å². The molecule has 4 heteroatoms. The van der Waals surface area contributed by atoms with Crippen molar-refractivity contribution >= 4 is 11.8 Å². The van der Waals surface area contributed by atoms with E-state index in [9.17, 15) is 9.59 Å². The molecule has 2 aromatic carbocycles. The van der Waals surface area contributed by atoms with Gasteiger partial charge in [-0.05, 0) is 41.3 Å². The van der Waals surface area contributed by atoms with Gasteiger partial charge in [0.05, 0.1) is 24.1 Å². The second-order valence-corrected chi connectivity index (χ2v) is 8.24. The molecule has 4 aliphatic rings. The molecule has 7 rings (SSSR count). The summed E-state index contributed by atoms with van der Waals surface area (Å²) in [6.45, 7) is 2.19. The van der Waals surface area contributed by atoms with Gasteiger partial charge < -0.3 is 4.42 Å². The number of amides is 2. The average Bonchev–Trinajstić information content (AvgIpc) is 3.30. The third-order valence-electron chi connectivity index (χ3n) is 7.00. The monoisotopic (exact) mass is 369 g/mol. The van der Waals surface area contributed by atoms with E-state index in [1.807, 2.05) is 37.3 Å². The van der Waals surface area contributed by atoms with Gasteiger partial charge in [0.25, 0.3) is 0 Å². The summed E-state index contributed by atoms with van der Waals surface area (Å²) in [5.74, 6) is -0.0923. The van der Waals surface area contributed by atoms with Gasteiger partial charge >= 0.3 is 0 Å². The Balaban J connectivity index is 1.58. The van der Waals surface area contributed by atoms with Crippen molar-refractivity contribution < 1.29 is 14.0 Å². The van der Waals surface area contributed by atoms with Crippen LogP contribution in [-0.2, 0) is 16.1 Å². The van der Waals surface area contributed by atoms with Gasteiger partial charge in [-0.2, -0.15) is 0 Å². The molecule has 2 bridgehead atoms. The number of hydrogen-bond donors (Lipinski definition) is 0. The van der Waals surface area contributed by atoms with Crippen LogP contribution in [0.1, 0.15) is 46.8 Å². The smallest absolute Gasteiger partial charge is 0.237 e. The molecular weight excluding hydrogens is 350 g/mol. The molecule has 1 aromatic heterocycles. The Morgan fingerprint density at radius 3 is 2.07 bits per heavy atom. The van der Waals surface area contributed by atoms with Crippen LogP contribution >= 0.6 is 0 Å². The number of rotatable bonds is 2. The van der Waals surface area contributed by atoms with Gasteiger partial charge in [0.15, 0.2) is 0 Å². The lowest BCUT2D eigenvalue weighted by Gasteiger charge is -2.51. The SMILES string of the molecule is C[C@]12C(=O)N(Cc3ccco3)C(=O)[C@@H]1C1c3ccccc3C2c2ccccc21. The second-order valence-electron chi connectivity index (χ2n) is 8.24. The summed E-state index contributed by atoms with van der Waals surface area (Å²) in [4.78, 5) is 28.6. The third kappa shape index (κ3) is 1.71. The first-order chi connectivity index (χ1) is 13.6. The molecule has 0 N–H and O–H groups in total. The van der Waals surface area contributed by atoms with Crippen molar-refractivity contribution in [3.05, 3.63) is 94.9 Å². The van der Waals surface area contributed by atoms with Crippen molar-refractivity contribution in [1.29, 1.82) is 0 Å². The van der Waals surface area contributed by atoms with E-state index in [1.54, 1.807) is 12.3 Å². The van der Waals surface area contributed by atoms with Crippen LogP contribution < -0.4 is 0 Å². The Labute approximate surface area is 162 Å². The average molecular weight is 369 g/mol. The Morgan fingerprint density at radius 2 is 1.50 bits per heavy atom. The van der Waals surface area contributed by atoms with Crippen LogP contribution in [0.5, 0.6) is 0 Å². The van der Waals surface area contributed by atoms with Crippen molar-refractivity contribution in [2.24, 2.45) is 11.3 Å². The number of likely N-dealkylation sites (tertiary alicyclic amines) is 1. The summed E-state index contributed by atoms with van der Waals surface area (Å²) in [7, 11) is 0. The molecule has 0 radical (unpaired) electrons. The molecule has 28 heavy (non-hydrogen) atoms. The van der Waals surface area contributed by atoms with Gasteiger partial charge in [0.2, 0.25) is 11.8 Å². The first-order valence-corrected chi connectivity index (χ1v) is 9.68. The maximum Gasteiger partial charge on any atom is 0.237 e. The summed E-state index contributed by atoms with van der Waals surface area (Å²) >= 11 is 0. The molecular formula is C24H19NO3. The van der Waals surface area contributed by atoms with Crippen LogP contribution in [0.4, 0.5) is 0 Å². The largest absolute Gasteiger partial charge is 0.467 e. The van der Waals surface area contributed by atoms with E-state index in [0.717, 1.165) is 0 Å². The number of nitrogens with zero attached hydrogens (tertiary/aromatic N) is 1. The Morgan fingerprint density at radius 1 is 0.893 bits per heavy atom. The lowest BCUT2D eigenvalue weighted by atomic mass is 9.48. The number of carbonyl (C=O) groups is 2.